The number of barbiturate groups is 1. The highest BCUT2D eigenvalue weighted by Crippen LogP contribution is 2.29. The molecule has 1 aliphatic rings. The fraction of sp³-hybridized carbons (Fsp3) is 0.0645. The van der Waals surface area contributed by atoms with Crippen molar-refractivity contribution in [3.05, 3.63) is 134 Å². The summed E-state index contributed by atoms with van der Waals surface area (Å²) in [6.45, 7) is 0.473. The minimum atomic E-state index is -0.867. The number of imide groups is 2. The fourth-order valence-electron chi connectivity index (χ4n) is 4.09. The van der Waals surface area contributed by atoms with Crippen LogP contribution in [0.4, 0.5) is 16.2 Å². The number of carbonyl (C=O) groups excluding carboxylic acids is 3. The van der Waals surface area contributed by atoms with E-state index in [9.17, 15) is 24.5 Å². The first-order valence-corrected chi connectivity index (χ1v) is 13.0. The first-order chi connectivity index (χ1) is 20.3. The number of halogens is 1. The SMILES string of the molecule is O=C1NC(=O)N(c2ccc(OCc3ccccc3)cc2)C(=O)/C1=C/c1ccc(OCc2ccc([N+](=O)[O-])cc2)c(Cl)c1. The van der Waals surface area contributed by atoms with Gasteiger partial charge >= 0.3 is 6.03 Å². The molecule has 4 aromatic rings. The van der Waals surface area contributed by atoms with Gasteiger partial charge in [-0.05, 0) is 71.3 Å². The Balaban J connectivity index is 1.27. The van der Waals surface area contributed by atoms with Gasteiger partial charge in [-0.2, -0.15) is 0 Å². The molecule has 11 heteroatoms. The molecule has 0 aliphatic carbocycles. The Hall–Kier alpha value is -5.48. The largest absolute Gasteiger partial charge is 0.489 e. The maximum atomic E-state index is 13.3. The van der Waals surface area contributed by atoms with E-state index in [-0.39, 0.29) is 28.6 Å². The van der Waals surface area contributed by atoms with Crippen LogP contribution in [0.3, 0.4) is 0 Å². The van der Waals surface area contributed by atoms with Crippen LogP contribution >= 0.6 is 11.6 Å². The second-order valence-electron chi connectivity index (χ2n) is 9.13. The lowest BCUT2D eigenvalue weighted by Crippen LogP contribution is -2.54. The van der Waals surface area contributed by atoms with Crippen molar-refractivity contribution >= 4 is 46.9 Å². The molecule has 5 rings (SSSR count). The molecule has 4 aromatic carbocycles. The van der Waals surface area contributed by atoms with Crippen LogP contribution in [-0.2, 0) is 22.8 Å². The van der Waals surface area contributed by atoms with Gasteiger partial charge in [0.05, 0.1) is 15.6 Å². The lowest BCUT2D eigenvalue weighted by atomic mass is 10.1. The molecule has 0 bridgehead atoms. The summed E-state index contributed by atoms with van der Waals surface area (Å²) in [5.41, 5.74) is 2.10. The highest BCUT2D eigenvalue weighted by molar-refractivity contribution is 6.39. The van der Waals surface area contributed by atoms with Crippen LogP contribution in [0.25, 0.3) is 6.08 Å². The Labute approximate surface area is 244 Å². The number of anilines is 1. The van der Waals surface area contributed by atoms with E-state index in [4.69, 9.17) is 21.1 Å². The minimum Gasteiger partial charge on any atom is -0.489 e. The van der Waals surface area contributed by atoms with Crippen molar-refractivity contribution in [3.8, 4) is 11.5 Å². The fourth-order valence-corrected chi connectivity index (χ4v) is 4.33. The summed E-state index contributed by atoms with van der Waals surface area (Å²) in [6.07, 6.45) is 1.33. The number of ether oxygens (including phenoxy) is 2. The van der Waals surface area contributed by atoms with Gasteiger partial charge in [0.2, 0.25) is 0 Å². The lowest BCUT2D eigenvalue weighted by Gasteiger charge is -2.26. The first-order valence-electron chi connectivity index (χ1n) is 12.6. The van der Waals surface area contributed by atoms with Crippen LogP contribution in [0, 0.1) is 10.1 Å². The number of rotatable bonds is 9. The van der Waals surface area contributed by atoms with Crippen LogP contribution in [0.15, 0.2) is 103 Å². The first kappa shape index (κ1) is 28.1. The molecule has 1 heterocycles. The molecule has 1 saturated heterocycles. The van der Waals surface area contributed by atoms with Gasteiger partial charge in [0, 0.05) is 12.1 Å². The van der Waals surface area contributed by atoms with E-state index >= 15 is 0 Å². The number of hydrogen-bond acceptors (Lipinski definition) is 7. The zero-order chi connectivity index (χ0) is 29.6. The predicted octanol–water partition coefficient (Wildman–Crippen LogP) is 6.07. The topological polar surface area (TPSA) is 128 Å². The van der Waals surface area contributed by atoms with Crippen LogP contribution in [0.2, 0.25) is 5.02 Å². The maximum absolute atomic E-state index is 13.3. The number of nitrogens with one attached hydrogen (secondary N) is 1. The lowest BCUT2D eigenvalue weighted by molar-refractivity contribution is -0.384. The highest BCUT2D eigenvalue weighted by atomic mass is 35.5. The van der Waals surface area contributed by atoms with Gasteiger partial charge in [-0.25, -0.2) is 9.69 Å². The van der Waals surface area contributed by atoms with Gasteiger partial charge in [0.15, 0.2) is 0 Å². The van der Waals surface area contributed by atoms with Gasteiger partial charge in [0.25, 0.3) is 17.5 Å². The van der Waals surface area contributed by atoms with Gasteiger partial charge in [0.1, 0.15) is 30.3 Å². The van der Waals surface area contributed by atoms with E-state index in [1.54, 1.807) is 48.5 Å². The number of nitro benzene ring substituents is 1. The zero-order valence-corrected chi connectivity index (χ0v) is 22.6. The molecular formula is C31H22ClN3O7. The monoisotopic (exact) mass is 583 g/mol. The third-order valence-electron chi connectivity index (χ3n) is 6.25. The van der Waals surface area contributed by atoms with E-state index in [2.05, 4.69) is 5.32 Å². The van der Waals surface area contributed by atoms with Crippen molar-refractivity contribution in [1.82, 2.24) is 5.32 Å². The van der Waals surface area contributed by atoms with Gasteiger partial charge in [-0.15, -0.1) is 0 Å². The molecule has 42 heavy (non-hydrogen) atoms. The van der Waals surface area contributed by atoms with Crippen LogP contribution < -0.4 is 19.7 Å². The van der Waals surface area contributed by atoms with Gasteiger partial charge in [-0.1, -0.05) is 48.0 Å². The number of hydrogen-bond donors (Lipinski definition) is 1. The quantitative estimate of drug-likeness (QED) is 0.110. The number of non-ortho nitro benzene ring substituents is 1. The van der Waals surface area contributed by atoms with E-state index in [1.807, 2.05) is 30.3 Å². The second kappa shape index (κ2) is 12.4. The maximum Gasteiger partial charge on any atom is 0.335 e. The Morgan fingerprint density at radius 3 is 2.17 bits per heavy atom. The van der Waals surface area contributed by atoms with E-state index in [1.165, 1.54) is 24.3 Å². The highest BCUT2D eigenvalue weighted by Gasteiger charge is 2.36. The second-order valence-corrected chi connectivity index (χ2v) is 9.54. The third kappa shape index (κ3) is 6.45. The number of benzene rings is 4. The van der Waals surface area contributed by atoms with Crippen molar-refractivity contribution in [2.45, 2.75) is 13.2 Å². The van der Waals surface area contributed by atoms with Crippen LogP contribution in [0.5, 0.6) is 11.5 Å². The average Bonchev–Trinajstić information content (AvgIpc) is 2.99. The van der Waals surface area contributed by atoms with Gasteiger partial charge < -0.3 is 9.47 Å². The summed E-state index contributed by atoms with van der Waals surface area (Å²) in [4.78, 5) is 49.6. The summed E-state index contributed by atoms with van der Waals surface area (Å²) < 4.78 is 11.5. The molecule has 0 atom stereocenters. The smallest absolute Gasteiger partial charge is 0.335 e. The molecule has 10 nitrogen and oxygen atoms in total. The van der Waals surface area contributed by atoms with Gasteiger partial charge in [-0.3, -0.25) is 25.0 Å². The summed E-state index contributed by atoms with van der Waals surface area (Å²) in [6, 6.07) is 25.7. The molecule has 4 amide bonds. The third-order valence-corrected chi connectivity index (χ3v) is 6.55. The number of urea groups is 1. The van der Waals surface area contributed by atoms with Crippen LogP contribution in [0.1, 0.15) is 16.7 Å². The number of nitro groups is 1. The molecule has 0 saturated carbocycles. The molecule has 1 N–H and O–H groups in total. The molecule has 1 aliphatic heterocycles. The van der Waals surface area contributed by atoms with E-state index in [0.717, 1.165) is 10.5 Å². The molecule has 1 fully saturated rings. The number of nitrogens with zero attached hydrogens (tertiary/aromatic N) is 2. The molecule has 0 spiro atoms. The number of carbonyl (C=O) groups is 3. The number of amides is 4. The van der Waals surface area contributed by atoms with E-state index < -0.39 is 22.8 Å². The Bertz CT molecular complexity index is 1690. The molecular weight excluding hydrogens is 562 g/mol. The molecule has 210 valence electrons. The van der Waals surface area contributed by atoms with E-state index in [0.29, 0.717) is 29.2 Å². The minimum absolute atomic E-state index is 0.0272. The Kier molecular flexibility index (Phi) is 8.26. The summed E-state index contributed by atoms with van der Waals surface area (Å²) in [5, 5.41) is 13.2. The zero-order valence-electron chi connectivity index (χ0n) is 21.9. The normalized spacial score (nSPS) is 14.1. The van der Waals surface area contributed by atoms with Crippen molar-refractivity contribution in [2.75, 3.05) is 4.90 Å². The van der Waals surface area contributed by atoms with Crippen LogP contribution in [-0.4, -0.2) is 22.8 Å². The predicted molar refractivity (Wildman–Crippen MR) is 155 cm³/mol. The van der Waals surface area contributed by atoms with Crippen molar-refractivity contribution < 1.29 is 28.8 Å². The summed E-state index contributed by atoms with van der Waals surface area (Å²) in [5.74, 6) is -0.747. The average molecular weight is 584 g/mol. The molecule has 0 aromatic heterocycles. The molecule has 0 unspecified atom stereocenters. The summed E-state index contributed by atoms with van der Waals surface area (Å²) in [7, 11) is 0. The Morgan fingerprint density at radius 2 is 1.50 bits per heavy atom. The Morgan fingerprint density at radius 1 is 0.833 bits per heavy atom. The standard InChI is InChI=1S/C31H22ClN3O7/c32-27-17-22(8-15-28(27)42-19-21-6-9-24(10-7-21)35(39)40)16-26-29(36)33-31(38)34(30(26)37)23-11-13-25(14-12-23)41-18-20-4-2-1-3-5-20/h1-17H,18-19H2,(H,33,36,38)/b26-16+. The van der Waals surface area contributed by atoms with Crippen molar-refractivity contribution in [3.63, 3.8) is 0 Å². The summed E-state index contributed by atoms with van der Waals surface area (Å²) >= 11 is 6.37. The van der Waals surface area contributed by atoms with Crippen molar-refractivity contribution in [1.29, 1.82) is 0 Å². The van der Waals surface area contributed by atoms with Crippen molar-refractivity contribution in [2.24, 2.45) is 0 Å². The molecule has 0 radical (unpaired) electrons.